The SMILES string of the molecule is CC[C@@H](C)NC(=O)COC(=O)CN1C(=O)NC(CC)(CC)C1=O. The van der Waals surface area contributed by atoms with Crippen LogP contribution in [0, 0.1) is 0 Å². The van der Waals surface area contributed by atoms with Crippen LogP contribution < -0.4 is 10.6 Å². The number of urea groups is 1. The lowest BCUT2D eigenvalue weighted by atomic mass is 9.93. The summed E-state index contributed by atoms with van der Waals surface area (Å²) < 4.78 is 4.82. The molecule has 1 aliphatic rings. The number of hydrogen-bond acceptors (Lipinski definition) is 5. The topological polar surface area (TPSA) is 105 Å². The van der Waals surface area contributed by atoms with Crippen molar-refractivity contribution >= 4 is 23.8 Å². The molecule has 8 nitrogen and oxygen atoms in total. The summed E-state index contributed by atoms with van der Waals surface area (Å²) in [5.74, 6) is -1.65. The van der Waals surface area contributed by atoms with Gasteiger partial charge >= 0.3 is 12.0 Å². The lowest BCUT2D eigenvalue weighted by Gasteiger charge is -2.22. The molecule has 0 saturated carbocycles. The average Bonchev–Trinajstić information content (AvgIpc) is 2.77. The molecule has 23 heavy (non-hydrogen) atoms. The van der Waals surface area contributed by atoms with Gasteiger partial charge in [-0.05, 0) is 26.2 Å². The second kappa shape index (κ2) is 7.94. The third kappa shape index (κ3) is 4.43. The lowest BCUT2D eigenvalue weighted by Crippen LogP contribution is -2.46. The van der Waals surface area contributed by atoms with Crippen LogP contribution >= 0.6 is 0 Å². The van der Waals surface area contributed by atoms with Crippen molar-refractivity contribution in [3.8, 4) is 0 Å². The van der Waals surface area contributed by atoms with E-state index in [0.29, 0.717) is 12.8 Å². The van der Waals surface area contributed by atoms with Crippen LogP contribution in [0.2, 0.25) is 0 Å². The first-order valence-corrected chi connectivity index (χ1v) is 7.88. The Bertz CT molecular complexity index is 488. The fourth-order valence-corrected chi connectivity index (χ4v) is 2.29. The molecule has 1 rings (SSSR count). The van der Waals surface area contributed by atoms with Crippen LogP contribution in [-0.4, -0.2) is 53.4 Å². The van der Waals surface area contributed by atoms with Crippen molar-refractivity contribution < 1.29 is 23.9 Å². The first kappa shape index (κ1) is 18.9. The molecule has 1 heterocycles. The van der Waals surface area contributed by atoms with Gasteiger partial charge in [0.05, 0.1) is 0 Å². The number of nitrogens with zero attached hydrogens (tertiary/aromatic N) is 1. The van der Waals surface area contributed by atoms with E-state index in [1.54, 1.807) is 13.8 Å². The molecule has 1 atom stereocenters. The Balaban J connectivity index is 2.53. The molecule has 0 spiro atoms. The Hall–Kier alpha value is -2.12. The van der Waals surface area contributed by atoms with Gasteiger partial charge in [-0.3, -0.25) is 19.3 Å². The number of hydrogen-bond donors (Lipinski definition) is 2. The molecule has 0 unspecified atom stereocenters. The summed E-state index contributed by atoms with van der Waals surface area (Å²) in [6.07, 6.45) is 1.64. The highest BCUT2D eigenvalue weighted by atomic mass is 16.5. The fourth-order valence-electron chi connectivity index (χ4n) is 2.29. The molecular formula is C15H25N3O5. The van der Waals surface area contributed by atoms with Gasteiger partial charge in [-0.2, -0.15) is 0 Å². The highest BCUT2D eigenvalue weighted by molar-refractivity contribution is 6.08. The van der Waals surface area contributed by atoms with Gasteiger partial charge in [-0.15, -0.1) is 0 Å². The van der Waals surface area contributed by atoms with Crippen molar-refractivity contribution in [2.75, 3.05) is 13.2 Å². The van der Waals surface area contributed by atoms with Gasteiger partial charge in [-0.25, -0.2) is 4.79 Å². The summed E-state index contributed by atoms with van der Waals surface area (Å²) in [4.78, 5) is 48.3. The molecule has 0 bridgehead atoms. The number of carbonyl (C=O) groups excluding carboxylic acids is 4. The summed E-state index contributed by atoms with van der Waals surface area (Å²) in [6, 6.07) is -0.624. The van der Waals surface area contributed by atoms with Crippen LogP contribution in [0.5, 0.6) is 0 Å². The van der Waals surface area contributed by atoms with Crippen molar-refractivity contribution in [2.24, 2.45) is 0 Å². The number of imide groups is 1. The number of rotatable bonds is 8. The van der Waals surface area contributed by atoms with Gasteiger partial charge in [0, 0.05) is 6.04 Å². The standard InChI is InChI=1S/C15H25N3O5/c1-5-10(4)16-11(19)9-23-12(20)8-18-13(21)15(6-2,7-3)17-14(18)22/h10H,5-9H2,1-4H3,(H,16,19)(H,17,22)/t10-/m1/s1. The Morgan fingerprint density at radius 3 is 2.35 bits per heavy atom. The van der Waals surface area contributed by atoms with E-state index in [4.69, 9.17) is 4.74 Å². The molecule has 1 fully saturated rings. The summed E-state index contributed by atoms with van der Waals surface area (Å²) in [7, 11) is 0. The fraction of sp³-hybridized carbons (Fsp3) is 0.733. The highest BCUT2D eigenvalue weighted by Gasteiger charge is 2.49. The van der Waals surface area contributed by atoms with E-state index in [1.807, 2.05) is 13.8 Å². The Labute approximate surface area is 135 Å². The van der Waals surface area contributed by atoms with Gasteiger partial charge in [0.1, 0.15) is 12.1 Å². The predicted octanol–water partition coefficient (Wildman–Crippen LogP) is 0.555. The van der Waals surface area contributed by atoms with Crippen LogP contribution in [-0.2, 0) is 19.1 Å². The van der Waals surface area contributed by atoms with Crippen LogP contribution in [0.15, 0.2) is 0 Å². The lowest BCUT2D eigenvalue weighted by molar-refractivity contribution is -0.151. The third-order valence-corrected chi connectivity index (χ3v) is 4.12. The van der Waals surface area contributed by atoms with Crippen molar-refractivity contribution in [1.29, 1.82) is 0 Å². The maximum absolute atomic E-state index is 12.3. The Kier molecular flexibility index (Phi) is 6.53. The normalized spacial score (nSPS) is 17.7. The monoisotopic (exact) mass is 327 g/mol. The van der Waals surface area contributed by atoms with E-state index in [0.717, 1.165) is 11.3 Å². The maximum Gasteiger partial charge on any atom is 0.326 e. The molecule has 0 aromatic rings. The average molecular weight is 327 g/mol. The zero-order valence-corrected chi connectivity index (χ0v) is 14.1. The van der Waals surface area contributed by atoms with E-state index in [2.05, 4.69) is 10.6 Å². The van der Waals surface area contributed by atoms with E-state index >= 15 is 0 Å². The minimum Gasteiger partial charge on any atom is -0.454 e. The van der Waals surface area contributed by atoms with Crippen molar-refractivity contribution in [1.82, 2.24) is 15.5 Å². The van der Waals surface area contributed by atoms with E-state index in [9.17, 15) is 19.2 Å². The Morgan fingerprint density at radius 1 is 1.26 bits per heavy atom. The van der Waals surface area contributed by atoms with Gasteiger partial charge in [0.2, 0.25) is 0 Å². The van der Waals surface area contributed by atoms with Crippen molar-refractivity contribution in [3.63, 3.8) is 0 Å². The molecule has 1 saturated heterocycles. The largest absolute Gasteiger partial charge is 0.454 e. The zero-order valence-electron chi connectivity index (χ0n) is 14.1. The predicted molar refractivity (Wildman–Crippen MR) is 82.4 cm³/mol. The van der Waals surface area contributed by atoms with E-state index in [1.165, 1.54) is 0 Å². The van der Waals surface area contributed by atoms with E-state index < -0.39 is 42.5 Å². The summed E-state index contributed by atoms with van der Waals surface area (Å²) in [5.41, 5.74) is -0.953. The molecule has 8 heteroatoms. The smallest absolute Gasteiger partial charge is 0.326 e. The first-order chi connectivity index (χ1) is 10.8. The molecule has 1 aliphatic heterocycles. The van der Waals surface area contributed by atoms with E-state index in [-0.39, 0.29) is 6.04 Å². The number of nitrogens with one attached hydrogen (secondary N) is 2. The van der Waals surface area contributed by atoms with Crippen LogP contribution in [0.25, 0.3) is 0 Å². The highest BCUT2D eigenvalue weighted by Crippen LogP contribution is 2.24. The molecule has 4 amide bonds. The van der Waals surface area contributed by atoms with Gasteiger partial charge < -0.3 is 15.4 Å². The molecule has 2 N–H and O–H groups in total. The second-order valence-corrected chi connectivity index (χ2v) is 5.65. The quantitative estimate of drug-likeness (QED) is 0.500. The number of amides is 4. The molecular weight excluding hydrogens is 302 g/mol. The number of ether oxygens (including phenoxy) is 1. The van der Waals surface area contributed by atoms with Crippen LogP contribution in [0.1, 0.15) is 47.0 Å². The zero-order chi connectivity index (χ0) is 17.6. The van der Waals surface area contributed by atoms with Crippen LogP contribution in [0.4, 0.5) is 4.79 Å². The number of carbonyl (C=O) groups is 4. The summed E-state index contributed by atoms with van der Waals surface area (Å²) in [5, 5.41) is 5.27. The summed E-state index contributed by atoms with van der Waals surface area (Å²) >= 11 is 0. The molecule has 0 aromatic carbocycles. The summed E-state index contributed by atoms with van der Waals surface area (Å²) in [6.45, 7) is 6.42. The molecule has 0 aromatic heterocycles. The molecule has 0 radical (unpaired) electrons. The Morgan fingerprint density at radius 2 is 1.87 bits per heavy atom. The molecule has 130 valence electrons. The second-order valence-electron chi connectivity index (χ2n) is 5.65. The van der Waals surface area contributed by atoms with Gasteiger partial charge in [-0.1, -0.05) is 20.8 Å². The molecule has 0 aliphatic carbocycles. The number of esters is 1. The minimum absolute atomic E-state index is 0.0122. The van der Waals surface area contributed by atoms with Gasteiger partial charge in [0.25, 0.3) is 11.8 Å². The van der Waals surface area contributed by atoms with Gasteiger partial charge in [0.15, 0.2) is 6.61 Å². The van der Waals surface area contributed by atoms with Crippen molar-refractivity contribution in [2.45, 2.75) is 58.5 Å². The maximum atomic E-state index is 12.3. The van der Waals surface area contributed by atoms with Crippen LogP contribution in [0.3, 0.4) is 0 Å². The third-order valence-electron chi connectivity index (χ3n) is 4.12. The first-order valence-electron chi connectivity index (χ1n) is 7.88. The van der Waals surface area contributed by atoms with Crippen molar-refractivity contribution in [3.05, 3.63) is 0 Å². The minimum atomic E-state index is -0.953.